The Kier molecular flexibility index (Phi) is 7.34. The van der Waals surface area contributed by atoms with Crippen molar-refractivity contribution in [2.45, 2.75) is 30.4 Å². The maximum Gasteiger partial charge on any atom is 0.308 e. The Bertz CT molecular complexity index is 671. The van der Waals surface area contributed by atoms with Gasteiger partial charge in [-0.05, 0) is 30.0 Å². The van der Waals surface area contributed by atoms with Crippen molar-refractivity contribution in [1.29, 1.82) is 0 Å². The molecule has 0 bridgehead atoms. The smallest absolute Gasteiger partial charge is 0.308 e. The van der Waals surface area contributed by atoms with Crippen molar-refractivity contribution in [1.82, 2.24) is 5.32 Å². The zero-order chi connectivity index (χ0) is 17.4. The summed E-state index contributed by atoms with van der Waals surface area (Å²) in [7, 11) is 0. The van der Waals surface area contributed by atoms with Crippen LogP contribution in [0.15, 0.2) is 46.7 Å². The van der Waals surface area contributed by atoms with Gasteiger partial charge in [0.05, 0.1) is 11.5 Å². The minimum absolute atomic E-state index is 0.159. The van der Waals surface area contributed by atoms with Crippen LogP contribution in [0.5, 0.6) is 0 Å². The summed E-state index contributed by atoms with van der Waals surface area (Å²) in [5, 5.41) is 14.0. The molecule has 1 atom stereocenters. The number of thiophene rings is 1. The average Bonchev–Trinajstić information content (AvgIpc) is 3.10. The predicted molar refractivity (Wildman–Crippen MR) is 98.7 cm³/mol. The second-order valence-electron chi connectivity index (χ2n) is 5.40. The number of nitrogens with one attached hydrogen (secondary N) is 1. The zero-order valence-electron chi connectivity index (χ0n) is 13.5. The molecular weight excluding hydrogens is 342 g/mol. The summed E-state index contributed by atoms with van der Waals surface area (Å²) in [4.78, 5) is 25.8. The van der Waals surface area contributed by atoms with Gasteiger partial charge < -0.3 is 10.4 Å². The van der Waals surface area contributed by atoms with Gasteiger partial charge in [0.1, 0.15) is 0 Å². The van der Waals surface area contributed by atoms with Gasteiger partial charge in [-0.25, -0.2) is 0 Å². The van der Waals surface area contributed by atoms with Crippen molar-refractivity contribution in [3.8, 4) is 0 Å². The van der Waals surface area contributed by atoms with Gasteiger partial charge in [0, 0.05) is 22.1 Å². The maximum absolute atomic E-state index is 12.4. The highest BCUT2D eigenvalue weighted by Crippen LogP contribution is 2.28. The normalized spacial score (nSPS) is 11.9. The molecule has 0 aliphatic carbocycles. The Balaban J connectivity index is 1.99. The highest BCUT2D eigenvalue weighted by Gasteiger charge is 2.18. The summed E-state index contributed by atoms with van der Waals surface area (Å²) < 4.78 is 0. The Morgan fingerprint density at radius 1 is 1.25 bits per heavy atom. The molecule has 2 aromatic rings. The number of thioether (sulfide) groups is 1. The van der Waals surface area contributed by atoms with Crippen LogP contribution >= 0.6 is 23.1 Å². The lowest BCUT2D eigenvalue weighted by molar-refractivity contribution is -0.141. The molecule has 1 unspecified atom stereocenters. The Labute approximate surface area is 150 Å². The molecule has 24 heavy (non-hydrogen) atoms. The van der Waals surface area contributed by atoms with E-state index in [0.717, 1.165) is 17.1 Å². The molecule has 128 valence electrons. The lowest BCUT2D eigenvalue weighted by Crippen LogP contribution is -2.33. The Hall–Kier alpha value is -1.79. The van der Waals surface area contributed by atoms with E-state index < -0.39 is 11.9 Å². The molecule has 0 fully saturated rings. The number of amides is 1. The number of aliphatic carboxylic acids is 1. The number of carboxylic acid groups (broad SMARTS) is 1. The fraction of sp³-hybridized carbons (Fsp3) is 0.333. The SMILES string of the molecule is CCCC(CNC(=O)c1ccccc1SCc1cccs1)C(=O)O. The number of hydrogen-bond donors (Lipinski definition) is 2. The Morgan fingerprint density at radius 2 is 2.04 bits per heavy atom. The lowest BCUT2D eigenvalue weighted by Gasteiger charge is -2.14. The molecule has 1 aromatic heterocycles. The van der Waals surface area contributed by atoms with Gasteiger partial charge in [0.15, 0.2) is 0 Å². The third-order valence-corrected chi connectivity index (χ3v) is 5.76. The summed E-state index contributed by atoms with van der Waals surface area (Å²) in [5.41, 5.74) is 0.597. The van der Waals surface area contributed by atoms with E-state index in [1.807, 2.05) is 36.6 Å². The molecular formula is C18H21NO3S2. The molecule has 0 saturated carbocycles. The second-order valence-corrected chi connectivity index (χ2v) is 7.45. The first-order chi connectivity index (χ1) is 11.6. The number of benzene rings is 1. The van der Waals surface area contributed by atoms with Gasteiger partial charge in [-0.15, -0.1) is 23.1 Å². The highest BCUT2D eigenvalue weighted by atomic mass is 32.2. The second kappa shape index (κ2) is 9.49. The minimum Gasteiger partial charge on any atom is -0.481 e. The van der Waals surface area contributed by atoms with Crippen LogP contribution < -0.4 is 5.32 Å². The molecule has 1 heterocycles. The van der Waals surface area contributed by atoms with Crippen LogP contribution in [-0.4, -0.2) is 23.5 Å². The minimum atomic E-state index is -0.863. The monoisotopic (exact) mass is 363 g/mol. The van der Waals surface area contributed by atoms with Gasteiger partial charge in [-0.2, -0.15) is 0 Å². The molecule has 4 nitrogen and oxygen atoms in total. The number of carboxylic acids is 1. The van der Waals surface area contributed by atoms with Crippen LogP contribution in [0.25, 0.3) is 0 Å². The molecule has 1 aromatic carbocycles. The van der Waals surface area contributed by atoms with Crippen LogP contribution in [0.3, 0.4) is 0 Å². The quantitative estimate of drug-likeness (QED) is 0.653. The van der Waals surface area contributed by atoms with E-state index in [4.69, 9.17) is 0 Å². The van der Waals surface area contributed by atoms with E-state index in [1.165, 1.54) is 4.88 Å². The number of rotatable bonds is 9. The van der Waals surface area contributed by atoms with E-state index in [1.54, 1.807) is 29.2 Å². The van der Waals surface area contributed by atoms with E-state index in [-0.39, 0.29) is 12.5 Å². The first-order valence-corrected chi connectivity index (χ1v) is 9.73. The molecule has 0 radical (unpaired) electrons. The molecule has 2 rings (SSSR count). The van der Waals surface area contributed by atoms with Gasteiger partial charge in [0.2, 0.25) is 0 Å². The number of carbonyl (C=O) groups is 2. The fourth-order valence-corrected chi connectivity index (χ4v) is 4.12. The van der Waals surface area contributed by atoms with Crippen molar-refractivity contribution < 1.29 is 14.7 Å². The van der Waals surface area contributed by atoms with Crippen molar-refractivity contribution in [3.05, 3.63) is 52.2 Å². The van der Waals surface area contributed by atoms with Gasteiger partial charge in [-0.3, -0.25) is 9.59 Å². The van der Waals surface area contributed by atoms with Crippen LogP contribution in [-0.2, 0) is 10.5 Å². The molecule has 6 heteroatoms. The lowest BCUT2D eigenvalue weighted by atomic mass is 10.0. The predicted octanol–water partition coefficient (Wildman–Crippen LogP) is 4.27. The average molecular weight is 364 g/mol. The van der Waals surface area contributed by atoms with Crippen molar-refractivity contribution in [2.75, 3.05) is 6.54 Å². The largest absolute Gasteiger partial charge is 0.481 e. The van der Waals surface area contributed by atoms with E-state index in [0.29, 0.717) is 12.0 Å². The number of hydrogen-bond acceptors (Lipinski definition) is 4. The van der Waals surface area contributed by atoms with Gasteiger partial charge in [-0.1, -0.05) is 31.5 Å². The molecule has 2 N–H and O–H groups in total. The van der Waals surface area contributed by atoms with Crippen LogP contribution in [0.4, 0.5) is 0 Å². The first kappa shape index (κ1) is 18.5. The molecule has 0 spiro atoms. The van der Waals surface area contributed by atoms with Gasteiger partial charge >= 0.3 is 5.97 Å². The van der Waals surface area contributed by atoms with Crippen LogP contribution in [0.1, 0.15) is 35.0 Å². The van der Waals surface area contributed by atoms with Crippen molar-refractivity contribution in [3.63, 3.8) is 0 Å². The van der Waals surface area contributed by atoms with Crippen LogP contribution in [0.2, 0.25) is 0 Å². The maximum atomic E-state index is 12.4. The van der Waals surface area contributed by atoms with Gasteiger partial charge in [0.25, 0.3) is 5.91 Å². The van der Waals surface area contributed by atoms with Crippen molar-refractivity contribution in [2.24, 2.45) is 5.92 Å². The third kappa shape index (κ3) is 5.39. The summed E-state index contributed by atoms with van der Waals surface area (Å²) in [6.45, 7) is 2.10. The highest BCUT2D eigenvalue weighted by molar-refractivity contribution is 7.98. The third-order valence-electron chi connectivity index (χ3n) is 3.58. The fourth-order valence-electron chi connectivity index (χ4n) is 2.30. The van der Waals surface area contributed by atoms with E-state index in [2.05, 4.69) is 11.4 Å². The standard InChI is InChI=1S/C18H21NO3S2/c1-2-6-13(18(21)22)11-19-17(20)15-8-3-4-9-16(15)24-12-14-7-5-10-23-14/h3-5,7-10,13H,2,6,11-12H2,1H3,(H,19,20)(H,21,22). The Morgan fingerprint density at radius 3 is 2.71 bits per heavy atom. The zero-order valence-corrected chi connectivity index (χ0v) is 15.2. The summed E-state index contributed by atoms with van der Waals surface area (Å²) >= 11 is 3.31. The molecule has 1 amide bonds. The molecule has 0 aliphatic heterocycles. The van der Waals surface area contributed by atoms with Crippen molar-refractivity contribution >= 4 is 35.0 Å². The van der Waals surface area contributed by atoms with Crippen LogP contribution in [0, 0.1) is 5.92 Å². The summed E-state index contributed by atoms with van der Waals surface area (Å²) in [6.07, 6.45) is 1.34. The van der Waals surface area contributed by atoms with E-state index in [9.17, 15) is 14.7 Å². The molecule has 0 aliphatic rings. The summed E-state index contributed by atoms with van der Waals surface area (Å²) in [6, 6.07) is 11.5. The van der Waals surface area contributed by atoms with E-state index >= 15 is 0 Å². The summed E-state index contributed by atoms with van der Waals surface area (Å²) in [5.74, 6) is -0.802. The number of carbonyl (C=O) groups excluding carboxylic acids is 1. The topological polar surface area (TPSA) is 66.4 Å². The molecule has 0 saturated heterocycles. The first-order valence-electron chi connectivity index (χ1n) is 7.87.